The van der Waals surface area contributed by atoms with Crippen molar-refractivity contribution in [1.82, 2.24) is 10.3 Å². The Bertz CT molecular complexity index is 411. The van der Waals surface area contributed by atoms with Gasteiger partial charge in [0.25, 0.3) is 0 Å². The normalized spacial score (nSPS) is 17.1. The van der Waals surface area contributed by atoms with Gasteiger partial charge in [-0.15, -0.1) is 11.3 Å². The van der Waals surface area contributed by atoms with E-state index < -0.39 is 0 Å². The zero-order valence-corrected chi connectivity index (χ0v) is 13.9. The molecule has 1 aliphatic rings. The van der Waals surface area contributed by atoms with Crippen molar-refractivity contribution in [2.45, 2.75) is 52.2 Å². The minimum atomic E-state index is 0.442. The zero-order chi connectivity index (χ0) is 14.5. The van der Waals surface area contributed by atoms with Crippen molar-refractivity contribution in [3.8, 4) is 0 Å². The number of thiazole rings is 1. The SMILES string of the molecule is CCOC1CCN(c2nc(C(C)C)c(CNC)s2)CC1. The molecule has 0 saturated carbocycles. The van der Waals surface area contributed by atoms with Crippen LogP contribution in [0.3, 0.4) is 0 Å². The Morgan fingerprint density at radius 2 is 2.10 bits per heavy atom. The first kappa shape index (κ1) is 15.7. The molecule has 0 spiro atoms. The van der Waals surface area contributed by atoms with Crippen LogP contribution >= 0.6 is 11.3 Å². The average molecular weight is 297 g/mol. The van der Waals surface area contributed by atoms with E-state index in [0.29, 0.717) is 12.0 Å². The monoisotopic (exact) mass is 297 g/mol. The van der Waals surface area contributed by atoms with Crippen molar-refractivity contribution in [3.05, 3.63) is 10.6 Å². The molecule has 0 atom stereocenters. The van der Waals surface area contributed by atoms with Crippen LogP contribution in [0.15, 0.2) is 0 Å². The first-order valence-corrected chi connectivity index (χ1v) is 8.48. The van der Waals surface area contributed by atoms with E-state index in [1.54, 1.807) is 0 Å². The minimum Gasteiger partial charge on any atom is -0.378 e. The van der Waals surface area contributed by atoms with Gasteiger partial charge < -0.3 is 15.0 Å². The Kier molecular flexibility index (Phi) is 5.81. The fourth-order valence-electron chi connectivity index (χ4n) is 2.67. The van der Waals surface area contributed by atoms with Crippen molar-refractivity contribution < 1.29 is 4.74 Å². The zero-order valence-electron chi connectivity index (χ0n) is 13.1. The molecule has 0 amide bonds. The highest BCUT2D eigenvalue weighted by molar-refractivity contribution is 7.15. The molecule has 1 saturated heterocycles. The number of aromatic nitrogens is 1. The second-order valence-corrected chi connectivity index (χ2v) is 6.69. The predicted octanol–water partition coefficient (Wildman–Crippen LogP) is 2.99. The lowest BCUT2D eigenvalue weighted by Crippen LogP contribution is -2.37. The number of piperidine rings is 1. The van der Waals surface area contributed by atoms with Gasteiger partial charge in [-0.05, 0) is 32.7 Å². The van der Waals surface area contributed by atoms with Crippen LogP contribution < -0.4 is 10.2 Å². The molecule has 0 unspecified atom stereocenters. The molecule has 2 rings (SSSR count). The number of hydrogen-bond acceptors (Lipinski definition) is 5. The summed E-state index contributed by atoms with van der Waals surface area (Å²) in [6.45, 7) is 10.4. The number of nitrogens with one attached hydrogen (secondary N) is 1. The lowest BCUT2D eigenvalue weighted by atomic mass is 10.1. The number of anilines is 1. The van der Waals surface area contributed by atoms with E-state index in [1.807, 2.05) is 18.4 Å². The first-order chi connectivity index (χ1) is 9.65. The van der Waals surface area contributed by atoms with Crippen LogP contribution in [0.4, 0.5) is 5.13 Å². The molecule has 0 aromatic carbocycles. The summed E-state index contributed by atoms with van der Waals surface area (Å²) in [6.07, 6.45) is 2.68. The summed E-state index contributed by atoms with van der Waals surface area (Å²) < 4.78 is 5.72. The Balaban J connectivity index is 2.04. The van der Waals surface area contributed by atoms with Crippen molar-refractivity contribution in [3.63, 3.8) is 0 Å². The van der Waals surface area contributed by atoms with E-state index in [1.165, 1.54) is 15.7 Å². The molecule has 1 N–H and O–H groups in total. The van der Waals surface area contributed by atoms with E-state index in [0.717, 1.165) is 39.1 Å². The number of ether oxygens (including phenoxy) is 1. The van der Waals surface area contributed by atoms with Gasteiger partial charge in [0, 0.05) is 31.1 Å². The molecular weight excluding hydrogens is 270 g/mol. The van der Waals surface area contributed by atoms with E-state index in [-0.39, 0.29) is 0 Å². The van der Waals surface area contributed by atoms with Crippen LogP contribution in [0, 0.1) is 0 Å². The third-order valence-corrected chi connectivity index (χ3v) is 4.85. The summed E-state index contributed by atoms with van der Waals surface area (Å²) in [7, 11) is 2.00. The average Bonchev–Trinajstić information content (AvgIpc) is 2.85. The van der Waals surface area contributed by atoms with Crippen LogP contribution in [0.2, 0.25) is 0 Å². The van der Waals surface area contributed by atoms with Crippen molar-refractivity contribution in [2.24, 2.45) is 0 Å². The highest BCUT2D eigenvalue weighted by Gasteiger charge is 2.23. The summed E-state index contributed by atoms with van der Waals surface area (Å²) in [4.78, 5) is 8.69. The molecule has 5 heteroatoms. The van der Waals surface area contributed by atoms with Crippen LogP contribution in [-0.4, -0.2) is 37.8 Å². The third kappa shape index (κ3) is 3.71. The van der Waals surface area contributed by atoms with Crippen LogP contribution in [0.25, 0.3) is 0 Å². The molecule has 1 fully saturated rings. The molecule has 0 bridgehead atoms. The van der Waals surface area contributed by atoms with Gasteiger partial charge in [-0.25, -0.2) is 4.98 Å². The number of nitrogens with zero attached hydrogens (tertiary/aromatic N) is 2. The lowest BCUT2D eigenvalue weighted by molar-refractivity contribution is 0.0459. The Hall–Kier alpha value is -0.650. The van der Waals surface area contributed by atoms with Gasteiger partial charge in [0.05, 0.1) is 11.8 Å². The lowest BCUT2D eigenvalue weighted by Gasteiger charge is -2.31. The van der Waals surface area contributed by atoms with Gasteiger partial charge in [-0.1, -0.05) is 13.8 Å². The molecule has 0 aliphatic carbocycles. The molecule has 20 heavy (non-hydrogen) atoms. The van der Waals surface area contributed by atoms with Gasteiger partial charge in [0.1, 0.15) is 0 Å². The maximum atomic E-state index is 5.72. The molecule has 114 valence electrons. The summed E-state index contributed by atoms with van der Waals surface area (Å²) in [5.41, 5.74) is 1.26. The fourth-order valence-corrected chi connectivity index (χ4v) is 3.95. The van der Waals surface area contributed by atoms with E-state index in [4.69, 9.17) is 9.72 Å². The topological polar surface area (TPSA) is 37.4 Å². The van der Waals surface area contributed by atoms with Crippen LogP contribution in [0.1, 0.15) is 50.1 Å². The maximum Gasteiger partial charge on any atom is 0.185 e. The van der Waals surface area contributed by atoms with Gasteiger partial charge >= 0.3 is 0 Å². The molecule has 2 heterocycles. The summed E-state index contributed by atoms with van der Waals surface area (Å²) in [5.74, 6) is 0.490. The predicted molar refractivity (Wildman–Crippen MR) is 85.8 cm³/mol. The van der Waals surface area contributed by atoms with E-state index in [9.17, 15) is 0 Å². The Labute approximate surface area is 126 Å². The van der Waals surface area contributed by atoms with Crippen molar-refractivity contribution in [1.29, 1.82) is 0 Å². The fraction of sp³-hybridized carbons (Fsp3) is 0.800. The summed E-state index contributed by atoms with van der Waals surface area (Å²) in [5, 5.41) is 4.44. The van der Waals surface area contributed by atoms with Gasteiger partial charge in [0.2, 0.25) is 0 Å². The molecule has 1 aliphatic heterocycles. The minimum absolute atomic E-state index is 0.442. The third-order valence-electron chi connectivity index (χ3n) is 3.72. The van der Waals surface area contributed by atoms with Crippen LogP contribution in [0.5, 0.6) is 0 Å². The first-order valence-electron chi connectivity index (χ1n) is 7.66. The summed E-state index contributed by atoms with van der Waals surface area (Å²) in [6, 6.07) is 0. The number of rotatable bonds is 6. The van der Waals surface area contributed by atoms with E-state index >= 15 is 0 Å². The van der Waals surface area contributed by atoms with Gasteiger partial charge in [-0.3, -0.25) is 0 Å². The maximum absolute atomic E-state index is 5.72. The molecular formula is C15H27N3OS. The van der Waals surface area contributed by atoms with Gasteiger partial charge in [-0.2, -0.15) is 0 Å². The summed E-state index contributed by atoms with van der Waals surface area (Å²) >= 11 is 1.85. The molecule has 1 aromatic heterocycles. The van der Waals surface area contributed by atoms with Crippen molar-refractivity contribution >= 4 is 16.5 Å². The second-order valence-electron chi connectivity index (χ2n) is 5.63. The Morgan fingerprint density at radius 3 is 2.65 bits per heavy atom. The van der Waals surface area contributed by atoms with E-state index in [2.05, 4.69) is 31.0 Å². The van der Waals surface area contributed by atoms with Crippen LogP contribution in [-0.2, 0) is 11.3 Å². The molecule has 1 aromatic rings. The highest BCUT2D eigenvalue weighted by Crippen LogP contribution is 2.32. The second kappa shape index (κ2) is 7.38. The van der Waals surface area contributed by atoms with Gasteiger partial charge in [0.15, 0.2) is 5.13 Å². The standard InChI is InChI=1S/C15H27N3OS/c1-5-19-12-6-8-18(9-7-12)15-17-14(11(2)3)13(20-15)10-16-4/h11-12,16H,5-10H2,1-4H3. The Morgan fingerprint density at radius 1 is 1.40 bits per heavy atom. The highest BCUT2D eigenvalue weighted by atomic mass is 32.1. The quantitative estimate of drug-likeness (QED) is 0.876. The molecule has 4 nitrogen and oxygen atoms in total. The number of hydrogen-bond donors (Lipinski definition) is 1. The molecule has 0 radical (unpaired) electrons. The largest absolute Gasteiger partial charge is 0.378 e. The van der Waals surface area contributed by atoms with Crippen molar-refractivity contribution in [2.75, 3.05) is 31.6 Å². The smallest absolute Gasteiger partial charge is 0.185 e.